The highest BCUT2D eigenvalue weighted by molar-refractivity contribution is 9.10. The molecule has 0 aliphatic heterocycles. The Hall–Kier alpha value is -1.62. The summed E-state index contributed by atoms with van der Waals surface area (Å²) in [6, 6.07) is 8.37. The number of anilines is 2. The summed E-state index contributed by atoms with van der Waals surface area (Å²) in [6.07, 6.45) is 3.41. The zero-order chi connectivity index (χ0) is 13.0. The molecule has 2 aromatic rings. The normalized spacial score (nSPS) is 11.9. The standard InChI is InChI=1S/C13H15BrN4/c1-9(10-4-3-5-11(14)6-10)17-13-8-16-7-12(15-2)18-13/h3-9H,1-2H3,(H2,15,17,18). The number of rotatable bonds is 4. The van der Waals surface area contributed by atoms with Crippen molar-refractivity contribution in [2.24, 2.45) is 0 Å². The Morgan fingerprint density at radius 3 is 2.72 bits per heavy atom. The van der Waals surface area contributed by atoms with Crippen LogP contribution < -0.4 is 10.6 Å². The minimum Gasteiger partial charge on any atom is -0.372 e. The lowest BCUT2D eigenvalue weighted by atomic mass is 10.1. The first-order valence-corrected chi connectivity index (χ1v) is 6.50. The van der Waals surface area contributed by atoms with Gasteiger partial charge < -0.3 is 10.6 Å². The van der Waals surface area contributed by atoms with Crippen molar-refractivity contribution < 1.29 is 0 Å². The maximum atomic E-state index is 4.38. The first-order valence-electron chi connectivity index (χ1n) is 5.71. The summed E-state index contributed by atoms with van der Waals surface area (Å²) in [5.74, 6) is 1.51. The number of halogens is 1. The molecule has 0 aliphatic carbocycles. The summed E-state index contributed by atoms with van der Waals surface area (Å²) in [7, 11) is 1.82. The quantitative estimate of drug-likeness (QED) is 0.908. The molecule has 94 valence electrons. The summed E-state index contributed by atoms with van der Waals surface area (Å²) >= 11 is 3.47. The lowest BCUT2D eigenvalue weighted by Gasteiger charge is -2.15. The third-order valence-corrected chi connectivity index (χ3v) is 3.10. The molecule has 1 unspecified atom stereocenters. The fourth-order valence-electron chi connectivity index (χ4n) is 1.64. The summed E-state index contributed by atoms with van der Waals surface area (Å²) in [5, 5.41) is 6.29. The van der Waals surface area contributed by atoms with Gasteiger partial charge in [-0.2, -0.15) is 0 Å². The molecule has 1 atom stereocenters. The lowest BCUT2D eigenvalue weighted by molar-refractivity contribution is 0.871. The average molecular weight is 307 g/mol. The van der Waals surface area contributed by atoms with Gasteiger partial charge >= 0.3 is 0 Å². The van der Waals surface area contributed by atoms with Crippen molar-refractivity contribution >= 4 is 27.6 Å². The summed E-state index contributed by atoms with van der Waals surface area (Å²) in [4.78, 5) is 8.51. The Bertz CT molecular complexity index is 530. The van der Waals surface area contributed by atoms with Crippen molar-refractivity contribution in [2.45, 2.75) is 13.0 Å². The SMILES string of the molecule is CNc1cncc(NC(C)c2cccc(Br)c2)n1. The van der Waals surface area contributed by atoms with Gasteiger partial charge in [0.1, 0.15) is 11.6 Å². The molecule has 1 aromatic carbocycles. The van der Waals surface area contributed by atoms with Gasteiger partial charge in [0.15, 0.2) is 0 Å². The van der Waals surface area contributed by atoms with E-state index >= 15 is 0 Å². The molecule has 1 aromatic heterocycles. The first-order chi connectivity index (χ1) is 8.69. The van der Waals surface area contributed by atoms with E-state index < -0.39 is 0 Å². The second-order valence-electron chi connectivity index (χ2n) is 3.96. The number of benzene rings is 1. The maximum Gasteiger partial charge on any atom is 0.147 e. The van der Waals surface area contributed by atoms with Crippen molar-refractivity contribution in [3.8, 4) is 0 Å². The summed E-state index contributed by atoms with van der Waals surface area (Å²) in [6.45, 7) is 2.09. The van der Waals surface area contributed by atoms with E-state index in [1.54, 1.807) is 12.4 Å². The predicted octanol–water partition coefficient (Wildman–Crippen LogP) is 3.45. The molecular formula is C13H15BrN4. The fraction of sp³-hybridized carbons (Fsp3) is 0.231. The van der Waals surface area contributed by atoms with Crippen LogP contribution in [-0.2, 0) is 0 Å². The number of aromatic nitrogens is 2. The van der Waals surface area contributed by atoms with Crippen LogP contribution in [0.5, 0.6) is 0 Å². The van der Waals surface area contributed by atoms with Crippen LogP contribution in [0.2, 0.25) is 0 Å². The molecule has 2 rings (SSSR count). The van der Waals surface area contributed by atoms with E-state index in [-0.39, 0.29) is 6.04 Å². The number of nitrogens with one attached hydrogen (secondary N) is 2. The Morgan fingerprint density at radius 1 is 1.22 bits per heavy atom. The molecular weight excluding hydrogens is 292 g/mol. The van der Waals surface area contributed by atoms with Crippen LogP contribution in [0.1, 0.15) is 18.5 Å². The molecule has 0 aliphatic rings. The van der Waals surface area contributed by atoms with Gasteiger partial charge in [0.2, 0.25) is 0 Å². The van der Waals surface area contributed by atoms with E-state index in [0.717, 1.165) is 16.1 Å². The van der Waals surface area contributed by atoms with Crippen LogP contribution in [-0.4, -0.2) is 17.0 Å². The Kier molecular flexibility index (Phi) is 4.15. The second kappa shape index (κ2) is 5.82. The van der Waals surface area contributed by atoms with Crippen LogP contribution in [0.3, 0.4) is 0 Å². The highest BCUT2D eigenvalue weighted by Gasteiger charge is 2.06. The minimum absolute atomic E-state index is 0.170. The highest BCUT2D eigenvalue weighted by Crippen LogP contribution is 2.21. The topological polar surface area (TPSA) is 49.8 Å². The highest BCUT2D eigenvalue weighted by atomic mass is 79.9. The largest absolute Gasteiger partial charge is 0.372 e. The zero-order valence-corrected chi connectivity index (χ0v) is 11.9. The minimum atomic E-state index is 0.170. The van der Waals surface area contributed by atoms with E-state index in [9.17, 15) is 0 Å². The van der Waals surface area contributed by atoms with E-state index in [2.05, 4.69) is 55.6 Å². The first kappa shape index (κ1) is 12.8. The van der Waals surface area contributed by atoms with Crippen molar-refractivity contribution in [3.05, 3.63) is 46.7 Å². The van der Waals surface area contributed by atoms with Gasteiger partial charge in [0, 0.05) is 11.5 Å². The monoisotopic (exact) mass is 306 g/mol. The molecule has 5 heteroatoms. The van der Waals surface area contributed by atoms with Crippen molar-refractivity contribution in [1.29, 1.82) is 0 Å². The van der Waals surface area contributed by atoms with Crippen LogP contribution >= 0.6 is 15.9 Å². The molecule has 0 saturated carbocycles. The molecule has 2 N–H and O–H groups in total. The number of hydrogen-bond donors (Lipinski definition) is 2. The Labute approximate surface area is 115 Å². The van der Waals surface area contributed by atoms with Crippen LogP contribution in [0.15, 0.2) is 41.1 Å². The van der Waals surface area contributed by atoms with Crippen molar-refractivity contribution in [2.75, 3.05) is 17.7 Å². The maximum absolute atomic E-state index is 4.38. The van der Waals surface area contributed by atoms with Gasteiger partial charge in [-0.15, -0.1) is 0 Å². The van der Waals surface area contributed by atoms with Crippen molar-refractivity contribution in [3.63, 3.8) is 0 Å². The average Bonchev–Trinajstić information content (AvgIpc) is 2.39. The van der Waals surface area contributed by atoms with Gasteiger partial charge in [0.25, 0.3) is 0 Å². The van der Waals surface area contributed by atoms with E-state index in [4.69, 9.17) is 0 Å². The van der Waals surface area contributed by atoms with E-state index in [0.29, 0.717) is 0 Å². The van der Waals surface area contributed by atoms with Gasteiger partial charge in [-0.3, -0.25) is 4.98 Å². The van der Waals surface area contributed by atoms with Gasteiger partial charge in [-0.05, 0) is 24.6 Å². The molecule has 0 amide bonds. The van der Waals surface area contributed by atoms with E-state index in [1.165, 1.54) is 5.56 Å². The Balaban J connectivity index is 2.13. The number of nitrogens with zero attached hydrogens (tertiary/aromatic N) is 2. The molecule has 0 radical (unpaired) electrons. The smallest absolute Gasteiger partial charge is 0.147 e. The molecule has 0 fully saturated rings. The third-order valence-electron chi connectivity index (χ3n) is 2.60. The summed E-state index contributed by atoms with van der Waals surface area (Å²) < 4.78 is 1.07. The zero-order valence-electron chi connectivity index (χ0n) is 10.3. The van der Waals surface area contributed by atoms with E-state index in [1.807, 2.05) is 19.2 Å². The molecule has 1 heterocycles. The van der Waals surface area contributed by atoms with Crippen molar-refractivity contribution in [1.82, 2.24) is 9.97 Å². The lowest BCUT2D eigenvalue weighted by Crippen LogP contribution is -2.09. The second-order valence-corrected chi connectivity index (χ2v) is 4.88. The predicted molar refractivity (Wildman–Crippen MR) is 77.8 cm³/mol. The van der Waals surface area contributed by atoms with Gasteiger partial charge in [-0.1, -0.05) is 28.1 Å². The molecule has 4 nitrogen and oxygen atoms in total. The molecule has 0 saturated heterocycles. The van der Waals surface area contributed by atoms with Crippen LogP contribution in [0, 0.1) is 0 Å². The van der Waals surface area contributed by atoms with Crippen LogP contribution in [0.25, 0.3) is 0 Å². The molecule has 18 heavy (non-hydrogen) atoms. The molecule has 0 bridgehead atoms. The van der Waals surface area contributed by atoms with Gasteiger partial charge in [0.05, 0.1) is 18.4 Å². The van der Waals surface area contributed by atoms with Crippen LogP contribution in [0.4, 0.5) is 11.6 Å². The van der Waals surface area contributed by atoms with Gasteiger partial charge in [-0.25, -0.2) is 4.98 Å². The summed E-state index contributed by atoms with van der Waals surface area (Å²) in [5.41, 5.74) is 1.20. The Morgan fingerprint density at radius 2 is 2.00 bits per heavy atom. The number of hydrogen-bond acceptors (Lipinski definition) is 4. The third kappa shape index (κ3) is 3.20. The fourth-order valence-corrected chi connectivity index (χ4v) is 2.05. The molecule has 0 spiro atoms.